The maximum absolute atomic E-state index is 12.3. The van der Waals surface area contributed by atoms with E-state index >= 15 is 0 Å². The van der Waals surface area contributed by atoms with E-state index in [1.165, 1.54) is 19.2 Å². The summed E-state index contributed by atoms with van der Waals surface area (Å²) in [7, 11) is -2.21. The molecule has 2 rings (SSSR count). The summed E-state index contributed by atoms with van der Waals surface area (Å²) in [5, 5.41) is 0. The van der Waals surface area contributed by atoms with Crippen LogP contribution in [-0.2, 0) is 10.0 Å². The van der Waals surface area contributed by atoms with E-state index in [9.17, 15) is 8.42 Å². The van der Waals surface area contributed by atoms with Crippen molar-refractivity contribution in [2.24, 2.45) is 0 Å². The van der Waals surface area contributed by atoms with Crippen LogP contribution in [0.4, 0.5) is 11.4 Å². The number of nitrogen functional groups attached to an aromatic ring is 1. The highest BCUT2D eigenvalue weighted by molar-refractivity contribution is 7.92. The van der Waals surface area contributed by atoms with Crippen LogP contribution in [0, 0.1) is 6.92 Å². The quantitative estimate of drug-likeness (QED) is 0.848. The highest BCUT2D eigenvalue weighted by atomic mass is 32.2. The molecule has 0 aliphatic carbocycles. The molecule has 0 saturated heterocycles. The maximum atomic E-state index is 12.3. The lowest BCUT2D eigenvalue weighted by atomic mass is 10.2. The van der Waals surface area contributed by atoms with E-state index in [-0.39, 0.29) is 4.90 Å². The normalized spacial score (nSPS) is 11.1. The van der Waals surface area contributed by atoms with Gasteiger partial charge in [-0.2, -0.15) is 0 Å². The van der Waals surface area contributed by atoms with Gasteiger partial charge in [0, 0.05) is 5.69 Å². The number of aryl methyl sites for hydroxylation is 1. The fourth-order valence-corrected chi connectivity index (χ4v) is 2.82. The second-order valence-corrected chi connectivity index (χ2v) is 6.01. The fourth-order valence-electron chi connectivity index (χ4n) is 1.72. The number of nitrogens with one attached hydrogen (secondary N) is 1. The number of nitrogens with two attached hydrogens (primary N) is 1. The van der Waals surface area contributed by atoms with Crippen LogP contribution in [0.1, 0.15) is 5.56 Å². The van der Waals surface area contributed by atoms with E-state index in [2.05, 4.69) is 4.72 Å². The molecule has 2 aromatic carbocycles. The van der Waals surface area contributed by atoms with Crippen molar-refractivity contribution in [1.29, 1.82) is 0 Å². The van der Waals surface area contributed by atoms with Crippen molar-refractivity contribution >= 4 is 21.4 Å². The number of rotatable bonds is 4. The highest BCUT2D eigenvalue weighted by Gasteiger charge is 2.16. The molecule has 0 aromatic heterocycles. The molecule has 0 bridgehead atoms. The van der Waals surface area contributed by atoms with Crippen molar-refractivity contribution < 1.29 is 13.2 Å². The van der Waals surface area contributed by atoms with Crippen molar-refractivity contribution in [3.63, 3.8) is 0 Å². The summed E-state index contributed by atoms with van der Waals surface area (Å²) in [5.41, 5.74) is 7.41. The second kappa shape index (κ2) is 5.42. The average molecular weight is 292 g/mol. The van der Waals surface area contributed by atoms with Crippen LogP contribution in [0.2, 0.25) is 0 Å². The third-order valence-electron chi connectivity index (χ3n) is 2.91. The van der Waals surface area contributed by atoms with Gasteiger partial charge in [0.2, 0.25) is 0 Å². The molecule has 0 saturated carbocycles. The van der Waals surface area contributed by atoms with E-state index in [1.54, 1.807) is 30.3 Å². The maximum Gasteiger partial charge on any atom is 0.262 e. The Morgan fingerprint density at radius 1 is 1.15 bits per heavy atom. The average Bonchev–Trinajstić information content (AvgIpc) is 2.42. The lowest BCUT2D eigenvalue weighted by Crippen LogP contribution is -2.14. The number of ether oxygens (including phenoxy) is 1. The van der Waals surface area contributed by atoms with Crippen molar-refractivity contribution in [3.8, 4) is 5.75 Å². The molecule has 106 valence electrons. The van der Waals surface area contributed by atoms with Gasteiger partial charge in [-0.05, 0) is 36.8 Å². The number of anilines is 2. The minimum absolute atomic E-state index is 0.117. The Bertz CT molecular complexity index is 727. The second-order valence-electron chi connectivity index (χ2n) is 4.32. The molecule has 0 unspecified atom stereocenters. The molecule has 2 aromatic rings. The van der Waals surface area contributed by atoms with Gasteiger partial charge < -0.3 is 10.5 Å². The van der Waals surface area contributed by atoms with Crippen molar-refractivity contribution in [2.75, 3.05) is 17.6 Å². The van der Waals surface area contributed by atoms with E-state index in [0.29, 0.717) is 17.1 Å². The van der Waals surface area contributed by atoms with Crippen LogP contribution in [0.25, 0.3) is 0 Å². The van der Waals surface area contributed by atoms with Crippen LogP contribution in [0.5, 0.6) is 5.75 Å². The van der Waals surface area contributed by atoms with Gasteiger partial charge in [-0.25, -0.2) is 8.42 Å². The molecule has 0 amide bonds. The van der Waals surface area contributed by atoms with Gasteiger partial charge in [0.05, 0.1) is 17.7 Å². The van der Waals surface area contributed by atoms with Crippen LogP contribution in [0.3, 0.4) is 0 Å². The summed E-state index contributed by atoms with van der Waals surface area (Å²) in [4.78, 5) is 0.117. The first-order valence-electron chi connectivity index (χ1n) is 5.96. The zero-order chi connectivity index (χ0) is 14.8. The Morgan fingerprint density at radius 2 is 1.85 bits per heavy atom. The van der Waals surface area contributed by atoms with E-state index in [4.69, 9.17) is 10.5 Å². The molecule has 0 atom stereocenters. The van der Waals surface area contributed by atoms with Gasteiger partial charge in [0.15, 0.2) is 0 Å². The Morgan fingerprint density at radius 3 is 2.50 bits per heavy atom. The van der Waals surface area contributed by atoms with Crippen LogP contribution < -0.4 is 15.2 Å². The largest absolute Gasteiger partial charge is 0.495 e. The lowest BCUT2D eigenvalue weighted by Gasteiger charge is -2.12. The van der Waals surface area contributed by atoms with Gasteiger partial charge in [0.1, 0.15) is 5.75 Å². The summed E-state index contributed by atoms with van der Waals surface area (Å²) in [6.07, 6.45) is 0. The molecule has 0 radical (unpaired) electrons. The van der Waals surface area contributed by atoms with Gasteiger partial charge in [-0.3, -0.25) is 4.72 Å². The zero-order valence-electron chi connectivity index (χ0n) is 11.3. The first-order valence-corrected chi connectivity index (χ1v) is 7.44. The molecule has 0 aliphatic heterocycles. The first-order chi connectivity index (χ1) is 9.44. The Hall–Kier alpha value is -2.21. The Kier molecular flexibility index (Phi) is 3.85. The lowest BCUT2D eigenvalue weighted by molar-refractivity contribution is 0.417. The summed E-state index contributed by atoms with van der Waals surface area (Å²) in [6, 6.07) is 11.4. The highest BCUT2D eigenvalue weighted by Crippen LogP contribution is 2.27. The van der Waals surface area contributed by atoms with E-state index < -0.39 is 10.0 Å². The van der Waals surface area contributed by atoms with Crippen molar-refractivity contribution in [2.45, 2.75) is 11.8 Å². The van der Waals surface area contributed by atoms with Gasteiger partial charge >= 0.3 is 0 Å². The first kappa shape index (κ1) is 14.2. The number of sulfonamides is 1. The summed E-state index contributed by atoms with van der Waals surface area (Å²) in [6.45, 7) is 1.82. The molecule has 20 heavy (non-hydrogen) atoms. The smallest absolute Gasteiger partial charge is 0.262 e. The topological polar surface area (TPSA) is 81.4 Å². The van der Waals surface area contributed by atoms with Crippen LogP contribution in [0.15, 0.2) is 47.4 Å². The fraction of sp³-hybridized carbons (Fsp3) is 0.143. The molecule has 0 heterocycles. The van der Waals surface area contributed by atoms with Gasteiger partial charge in [-0.15, -0.1) is 0 Å². The number of hydrogen-bond acceptors (Lipinski definition) is 4. The third kappa shape index (κ3) is 2.85. The number of hydrogen-bond donors (Lipinski definition) is 2. The molecule has 3 N–H and O–H groups in total. The predicted molar refractivity (Wildman–Crippen MR) is 79.4 cm³/mol. The van der Waals surface area contributed by atoms with Crippen LogP contribution >= 0.6 is 0 Å². The van der Waals surface area contributed by atoms with E-state index in [0.717, 1.165) is 5.56 Å². The number of methoxy groups -OCH3 is 1. The van der Waals surface area contributed by atoms with Crippen molar-refractivity contribution in [3.05, 3.63) is 48.0 Å². The molecule has 6 heteroatoms. The third-order valence-corrected chi connectivity index (χ3v) is 4.28. The zero-order valence-corrected chi connectivity index (χ0v) is 12.1. The minimum atomic E-state index is -3.70. The Balaban J connectivity index is 2.38. The molecular weight excluding hydrogens is 276 g/mol. The molecule has 0 fully saturated rings. The molecular formula is C14H16N2O3S. The standard InChI is InChI=1S/C14H16N2O3S/c1-10-7-8-11(9-12(10)15)20(17,18)16-13-5-3-4-6-14(13)19-2/h3-9,16H,15H2,1-2H3. The monoisotopic (exact) mass is 292 g/mol. The van der Waals surface area contributed by atoms with Gasteiger partial charge in [0.25, 0.3) is 10.0 Å². The number of benzene rings is 2. The minimum Gasteiger partial charge on any atom is -0.495 e. The van der Waals surface area contributed by atoms with Crippen molar-refractivity contribution in [1.82, 2.24) is 0 Å². The summed E-state index contributed by atoms with van der Waals surface area (Å²) >= 11 is 0. The SMILES string of the molecule is COc1ccccc1NS(=O)(=O)c1ccc(C)c(N)c1. The van der Waals surface area contributed by atoms with E-state index in [1.807, 2.05) is 6.92 Å². The Labute approximate surface area is 118 Å². The molecule has 5 nitrogen and oxygen atoms in total. The van der Waals surface area contributed by atoms with Crippen LogP contribution in [-0.4, -0.2) is 15.5 Å². The molecule has 0 aliphatic rings. The predicted octanol–water partition coefficient (Wildman–Crippen LogP) is 2.39. The summed E-state index contributed by atoms with van der Waals surface area (Å²) < 4.78 is 32.2. The van der Waals surface area contributed by atoms with Gasteiger partial charge in [-0.1, -0.05) is 18.2 Å². The molecule has 0 spiro atoms. The summed E-state index contributed by atoms with van der Waals surface area (Å²) in [5.74, 6) is 0.455. The number of para-hydroxylation sites is 2.